The van der Waals surface area contributed by atoms with Crippen molar-refractivity contribution in [1.82, 2.24) is 10.6 Å². The fraction of sp³-hybridized carbons (Fsp3) is 0.682. The van der Waals surface area contributed by atoms with Gasteiger partial charge in [0.25, 0.3) is 0 Å². The lowest BCUT2D eigenvalue weighted by Gasteiger charge is -2.19. The van der Waals surface area contributed by atoms with Crippen LogP contribution < -0.4 is 10.6 Å². The number of benzene rings is 1. The molecule has 2 aliphatic rings. The number of ether oxygens (including phenoxy) is 4. The van der Waals surface area contributed by atoms with Gasteiger partial charge in [-0.15, -0.1) is 0 Å². The molecule has 1 amide bonds. The zero-order valence-electron chi connectivity index (χ0n) is 17.7. The summed E-state index contributed by atoms with van der Waals surface area (Å²) in [6.07, 6.45) is 0.0336. The van der Waals surface area contributed by atoms with Crippen molar-refractivity contribution in [2.75, 3.05) is 39.5 Å². The predicted molar refractivity (Wildman–Crippen MR) is 110 cm³/mol. The van der Waals surface area contributed by atoms with Crippen LogP contribution in [0.25, 0.3) is 0 Å². The summed E-state index contributed by atoms with van der Waals surface area (Å²) in [5.74, 6) is 1.47. The SMILES string of the molecule is CC(C)(C)OC(=O)NCCOCc1ccc(COCCOC2C3CNCC32)cc1. The van der Waals surface area contributed by atoms with Gasteiger partial charge in [0.15, 0.2) is 0 Å². The van der Waals surface area contributed by atoms with Crippen molar-refractivity contribution < 1.29 is 23.7 Å². The second-order valence-electron chi connectivity index (χ2n) is 8.67. The highest BCUT2D eigenvalue weighted by molar-refractivity contribution is 5.67. The molecule has 1 heterocycles. The first kappa shape index (κ1) is 22.0. The lowest BCUT2D eigenvalue weighted by molar-refractivity contribution is 0.0238. The molecule has 1 aliphatic carbocycles. The Bertz CT molecular complexity index is 634. The molecule has 1 aromatic rings. The van der Waals surface area contributed by atoms with Gasteiger partial charge in [-0.2, -0.15) is 0 Å². The molecule has 2 N–H and O–H groups in total. The van der Waals surface area contributed by atoms with Gasteiger partial charge in [0.05, 0.1) is 39.1 Å². The van der Waals surface area contributed by atoms with E-state index >= 15 is 0 Å². The third-order valence-corrected chi connectivity index (χ3v) is 5.03. The molecule has 3 rings (SSSR count). The first-order valence-electron chi connectivity index (χ1n) is 10.4. The molecule has 29 heavy (non-hydrogen) atoms. The maximum Gasteiger partial charge on any atom is 0.407 e. The highest BCUT2D eigenvalue weighted by Gasteiger charge is 2.53. The number of alkyl carbamates (subject to hydrolysis) is 1. The molecule has 0 bridgehead atoms. The van der Waals surface area contributed by atoms with Gasteiger partial charge in [0.2, 0.25) is 0 Å². The Morgan fingerprint density at radius 2 is 1.59 bits per heavy atom. The average molecular weight is 407 g/mol. The van der Waals surface area contributed by atoms with Crippen LogP contribution in [0.15, 0.2) is 24.3 Å². The Morgan fingerprint density at radius 3 is 2.17 bits per heavy atom. The maximum absolute atomic E-state index is 11.5. The quantitative estimate of drug-likeness (QED) is 0.550. The summed E-state index contributed by atoms with van der Waals surface area (Å²) in [5, 5.41) is 6.04. The summed E-state index contributed by atoms with van der Waals surface area (Å²) < 4.78 is 22.3. The Labute approximate surface area is 173 Å². The molecule has 2 atom stereocenters. The van der Waals surface area contributed by atoms with Crippen molar-refractivity contribution in [3.05, 3.63) is 35.4 Å². The van der Waals surface area contributed by atoms with Crippen molar-refractivity contribution in [2.45, 2.75) is 45.7 Å². The van der Waals surface area contributed by atoms with Crippen LogP contribution in [0.3, 0.4) is 0 Å². The monoisotopic (exact) mass is 406 g/mol. The number of piperidine rings is 1. The van der Waals surface area contributed by atoms with E-state index in [4.69, 9.17) is 18.9 Å². The van der Waals surface area contributed by atoms with Gasteiger partial charge in [-0.3, -0.25) is 0 Å². The first-order valence-corrected chi connectivity index (χ1v) is 10.4. The van der Waals surface area contributed by atoms with Crippen molar-refractivity contribution in [3.63, 3.8) is 0 Å². The molecule has 7 nitrogen and oxygen atoms in total. The molecule has 0 radical (unpaired) electrons. The minimum absolute atomic E-state index is 0.418. The second kappa shape index (κ2) is 10.4. The van der Waals surface area contributed by atoms with E-state index < -0.39 is 11.7 Å². The van der Waals surface area contributed by atoms with Crippen molar-refractivity contribution in [3.8, 4) is 0 Å². The molecule has 1 aliphatic heterocycles. The van der Waals surface area contributed by atoms with Crippen LogP contribution in [0.1, 0.15) is 31.9 Å². The van der Waals surface area contributed by atoms with Gasteiger partial charge in [-0.25, -0.2) is 4.79 Å². The van der Waals surface area contributed by atoms with E-state index in [0.717, 1.165) is 36.1 Å². The molecule has 162 valence electrons. The molecule has 1 saturated heterocycles. The lowest BCUT2D eigenvalue weighted by Crippen LogP contribution is -2.34. The highest BCUT2D eigenvalue weighted by atomic mass is 16.6. The third kappa shape index (κ3) is 7.59. The number of carbonyl (C=O) groups excluding carboxylic acids is 1. The number of nitrogens with one attached hydrogen (secondary N) is 2. The van der Waals surface area contributed by atoms with Crippen molar-refractivity contribution in [2.24, 2.45) is 11.8 Å². The lowest BCUT2D eigenvalue weighted by atomic mass is 10.1. The number of amides is 1. The normalized spacial score (nSPS) is 22.9. The molecular weight excluding hydrogens is 372 g/mol. The molecule has 0 spiro atoms. The minimum Gasteiger partial charge on any atom is -0.444 e. The van der Waals surface area contributed by atoms with E-state index in [1.54, 1.807) is 0 Å². The second-order valence-corrected chi connectivity index (χ2v) is 8.67. The number of fused-ring (bicyclic) bond motifs is 1. The van der Waals surface area contributed by atoms with E-state index in [9.17, 15) is 4.79 Å². The Morgan fingerprint density at radius 1 is 1.00 bits per heavy atom. The molecule has 2 fully saturated rings. The average Bonchev–Trinajstić information content (AvgIpc) is 3.08. The number of hydrogen-bond donors (Lipinski definition) is 2. The molecule has 2 unspecified atom stereocenters. The van der Waals surface area contributed by atoms with E-state index in [1.165, 1.54) is 0 Å². The summed E-state index contributed by atoms with van der Waals surface area (Å²) in [6, 6.07) is 8.18. The van der Waals surface area contributed by atoms with Crippen LogP contribution >= 0.6 is 0 Å². The standard InChI is InChI=1S/C22H34N2O5/c1-22(2,3)29-21(25)24-8-9-26-14-16-4-6-17(7-5-16)15-27-10-11-28-20-18-12-23-13-19(18)20/h4-7,18-20,23H,8-15H2,1-3H3,(H,24,25). The molecule has 1 aromatic carbocycles. The zero-order valence-corrected chi connectivity index (χ0v) is 17.7. The predicted octanol–water partition coefficient (Wildman–Crippen LogP) is 2.48. The van der Waals surface area contributed by atoms with Crippen LogP contribution in [0.4, 0.5) is 4.79 Å². The maximum atomic E-state index is 11.5. The van der Waals surface area contributed by atoms with Crippen LogP contribution in [-0.2, 0) is 32.2 Å². The van der Waals surface area contributed by atoms with Crippen LogP contribution in [-0.4, -0.2) is 57.3 Å². The van der Waals surface area contributed by atoms with Crippen LogP contribution in [0, 0.1) is 11.8 Å². The van der Waals surface area contributed by atoms with Gasteiger partial charge < -0.3 is 29.6 Å². The Kier molecular flexibility index (Phi) is 7.89. The summed E-state index contributed by atoms with van der Waals surface area (Å²) in [5.41, 5.74) is 1.73. The first-order chi connectivity index (χ1) is 13.9. The van der Waals surface area contributed by atoms with Gasteiger partial charge in [0.1, 0.15) is 5.60 Å². The topological polar surface area (TPSA) is 78.1 Å². The Balaban J connectivity index is 1.19. The summed E-state index contributed by atoms with van der Waals surface area (Å²) in [4.78, 5) is 11.5. The van der Waals surface area contributed by atoms with Gasteiger partial charge in [-0.1, -0.05) is 24.3 Å². The largest absolute Gasteiger partial charge is 0.444 e. The van der Waals surface area contributed by atoms with E-state index in [2.05, 4.69) is 22.8 Å². The number of hydrogen-bond acceptors (Lipinski definition) is 6. The third-order valence-electron chi connectivity index (χ3n) is 5.03. The molecule has 7 heteroatoms. The highest BCUT2D eigenvalue weighted by Crippen LogP contribution is 2.44. The molecule has 1 saturated carbocycles. The van der Waals surface area contributed by atoms with Gasteiger partial charge in [0, 0.05) is 31.5 Å². The molecular formula is C22H34N2O5. The summed E-state index contributed by atoms with van der Waals surface area (Å²) in [6.45, 7) is 10.9. The summed E-state index contributed by atoms with van der Waals surface area (Å²) in [7, 11) is 0. The van der Waals surface area contributed by atoms with Crippen LogP contribution in [0.5, 0.6) is 0 Å². The smallest absolute Gasteiger partial charge is 0.407 e. The Hall–Kier alpha value is -1.67. The fourth-order valence-electron chi connectivity index (χ4n) is 3.50. The molecule has 0 aromatic heterocycles. The zero-order chi connectivity index (χ0) is 20.7. The minimum atomic E-state index is -0.489. The number of rotatable bonds is 11. The van der Waals surface area contributed by atoms with Crippen LogP contribution in [0.2, 0.25) is 0 Å². The summed E-state index contributed by atoms with van der Waals surface area (Å²) >= 11 is 0. The van der Waals surface area contributed by atoms with Crippen molar-refractivity contribution >= 4 is 6.09 Å². The van der Waals surface area contributed by atoms with Gasteiger partial charge in [-0.05, 0) is 31.9 Å². The van der Waals surface area contributed by atoms with Gasteiger partial charge >= 0.3 is 6.09 Å². The fourth-order valence-corrected chi connectivity index (χ4v) is 3.50. The van der Waals surface area contributed by atoms with Crippen molar-refractivity contribution in [1.29, 1.82) is 0 Å². The number of carbonyl (C=O) groups is 1. The van der Waals surface area contributed by atoms with E-state index in [-0.39, 0.29) is 0 Å². The van der Waals surface area contributed by atoms with E-state index in [0.29, 0.717) is 45.7 Å². The van der Waals surface area contributed by atoms with E-state index in [1.807, 2.05) is 32.9 Å².